The molecule has 0 aliphatic carbocycles. The molecule has 0 fully saturated rings. The van der Waals surface area contributed by atoms with Gasteiger partial charge in [-0.25, -0.2) is 4.98 Å². The molecule has 0 unspecified atom stereocenters. The van der Waals surface area contributed by atoms with Crippen LogP contribution in [-0.2, 0) is 6.42 Å². The third-order valence-electron chi connectivity index (χ3n) is 2.86. The number of rotatable bonds is 3. The molecule has 0 bridgehead atoms. The number of H-pyrrole nitrogens is 1. The van der Waals surface area contributed by atoms with E-state index in [1.54, 1.807) is 0 Å². The van der Waals surface area contributed by atoms with E-state index in [1.807, 2.05) is 25.1 Å². The number of benzene rings is 1. The molecular weight excluding hydrogens is 372 g/mol. The van der Waals surface area contributed by atoms with Crippen LogP contribution in [0.25, 0.3) is 11.4 Å². The van der Waals surface area contributed by atoms with Crippen molar-refractivity contribution in [3.05, 3.63) is 48.8 Å². The van der Waals surface area contributed by atoms with Crippen LogP contribution in [-0.4, -0.2) is 9.97 Å². The molecule has 1 aromatic carbocycles. The highest BCUT2D eigenvalue weighted by Crippen LogP contribution is 2.24. The first-order chi connectivity index (χ1) is 9.02. The molecule has 1 aromatic heterocycles. The Bertz CT molecular complexity index is 665. The summed E-state index contributed by atoms with van der Waals surface area (Å²) in [6.45, 7) is 4.09. The van der Waals surface area contributed by atoms with Crippen molar-refractivity contribution in [3.63, 3.8) is 0 Å². The zero-order valence-corrected chi connectivity index (χ0v) is 13.9. The maximum Gasteiger partial charge on any atom is 0.265 e. The molecular formula is C14H14Br2N2O. The molecule has 2 aromatic rings. The monoisotopic (exact) mass is 384 g/mol. The van der Waals surface area contributed by atoms with E-state index in [2.05, 4.69) is 48.8 Å². The third kappa shape index (κ3) is 3.15. The van der Waals surface area contributed by atoms with Gasteiger partial charge < -0.3 is 4.98 Å². The Labute approximate surface area is 128 Å². The van der Waals surface area contributed by atoms with Crippen LogP contribution in [0.15, 0.2) is 31.9 Å². The number of aromatic nitrogens is 2. The van der Waals surface area contributed by atoms with E-state index < -0.39 is 0 Å². The number of nitrogens with zero attached hydrogens (tertiary/aromatic N) is 1. The van der Waals surface area contributed by atoms with Crippen LogP contribution in [0.2, 0.25) is 0 Å². The predicted molar refractivity (Wildman–Crippen MR) is 84.4 cm³/mol. The highest BCUT2D eigenvalue weighted by molar-refractivity contribution is 9.10. The maximum absolute atomic E-state index is 11.9. The van der Waals surface area contributed by atoms with Crippen molar-refractivity contribution in [3.8, 4) is 11.4 Å². The summed E-state index contributed by atoms with van der Waals surface area (Å²) in [4.78, 5) is 19.3. The molecule has 0 saturated heterocycles. The van der Waals surface area contributed by atoms with Crippen molar-refractivity contribution >= 4 is 31.9 Å². The molecule has 0 aliphatic heterocycles. The first-order valence-electron chi connectivity index (χ1n) is 6.08. The Morgan fingerprint density at radius 3 is 2.68 bits per heavy atom. The molecule has 0 aliphatic rings. The van der Waals surface area contributed by atoms with E-state index in [9.17, 15) is 4.79 Å². The average molecular weight is 386 g/mol. The summed E-state index contributed by atoms with van der Waals surface area (Å²) in [6.07, 6.45) is 1.73. The van der Waals surface area contributed by atoms with E-state index in [0.29, 0.717) is 10.3 Å². The van der Waals surface area contributed by atoms with Gasteiger partial charge in [0.25, 0.3) is 5.56 Å². The van der Waals surface area contributed by atoms with E-state index >= 15 is 0 Å². The van der Waals surface area contributed by atoms with E-state index in [1.165, 1.54) is 0 Å². The van der Waals surface area contributed by atoms with Gasteiger partial charge in [0.2, 0.25) is 0 Å². The summed E-state index contributed by atoms with van der Waals surface area (Å²) in [5.74, 6) is 0.609. The highest BCUT2D eigenvalue weighted by atomic mass is 79.9. The van der Waals surface area contributed by atoms with Crippen LogP contribution in [0.1, 0.15) is 24.6 Å². The second-order valence-electron chi connectivity index (χ2n) is 4.39. The Hall–Kier alpha value is -0.940. The third-order valence-corrected chi connectivity index (χ3v) is 4.54. The fraction of sp³-hybridized carbons (Fsp3) is 0.286. The SMILES string of the molecule is CCCc1nc(-c2ccc(C)c(Br)c2)[nH]c(=O)c1Br. The quantitative estimate of drug-likeness (QED) is 0.859. The predicted octanol–water partition coefficient (Wildman–Crippen LogP) is 4.22. The van der Waals surface area contributed by atoms with E-state index in [0.717, 1.165) is 34.1 Å². The van der Waals surface area contributed by atoms with Crippen molar-refractivity contribution in [1.29, 1.82) is 0 Å². The molecule has 3 nitrogen and oxygen atoms in total. The largest absolute Gasteiger partial charge is 0.306 e. The molecule has 0 radical (unpaired) electrons. The number of hydrogen-bond donors (Lipinski definition) is 1. The molecule has 1 heterocycles. The molecule has 1 N–H and O–H groups in total. The van der Waals surface area contributed by atoms with Crippen molar-refractivity contribution in [1.82, 2.24) is 9.97 Å². The van der Waals surface area contributed by atoms with Crippen LogP contribution in [0.4, 0.5) is 0 Å². The number of nitrogens with one attached hydrogen (secondary N) is 1. The van der Waals surface area contributed by atoms with Gasteiger partial charge in [-0.05, 0) is 40.9 Å². The zero-order chi connectivity index (χ0) is 14.0. The molecule has 100 valence electrons. The van der Waals surface area contributed by atoms with Gasteiger partial charge in [-0.15, -0.1) is 0 Å². The molecule has 0 atom stereocenters. The van der Waals surface area contributed by atoms with Crippen LogP contribution in [0, 0.1) is 6.92 Å². The van der Waals surface area contributed by atoms with Crippen LogP contribution >= 0.6 is 31.9 Å². The van der Waals surface area contributed by atoms with Crippen LogP contribution < -0.4 is 5.56 Å². The van der Waals surface area contributed by atoms with Gasteiger partial charge in [0.1, 0.15) is 10.3 Å². The minimum atomic E-state index is -0.134. The number of halogens is 2. The van der Waals surface area contributed by atoms with Gasteiger partial charge in [0.15, 0.2) is 0 Å². The highest BCUT2D eigenvalue weighted by Gasteiger charge is 2.10. The average Bonchev–Trinajstić information content (AvgIpc) is 2.38. The Morgan fingerprint density at radius 2 is 2.05 bits per heavy atom. The summed E-state index contributed by atoms with van der Waals surface area (Å²) in [5.41, 5.74) is 2.72. The Balaban J connectivity index is 2.56. The summed E-state index contributed by atoms with van der Waals surface area (Å²) < 4.78 is 1.54. The second-order valence-corrected chi connectivity index (χ2v) is 6.04. The fourth-order valence-corrected chi connectivity index (χ4v) is 2.55. The minimum Gasteiger partial charge on any atom is -0.306 e. The van der Waals surface area contributed by atoms with Crippen molar-refractivity contribution in [2.75, 3.05) is 0 Å². The van der Waals surface area contributed by atoms with Gasteiger partial charge in [-0.1, -0.05) is 41.4 Å². The van der Waals surface area contributed by atoms with E-state index in [-0.39, 0.29) is 5.56 Å². The standard InChI is InChI=1S/C14H14Br2N2O/c1-3-4-11-12(16)14(19)18-13(17-11)9-6-5-8(2)10(15)7-9/h5-7H,3-4H2,1-2H3,(H,17,18,19). The molecule has 0 saturated carbocycles. The number of aromatic amines is 1. The molecule has 2 rings (SSSR count). The van der Waals surface area contributed by atoms with Gasteiger partial charge in [0.05, 0.1) is 5.69 Å². The maximum atomic E-state index is 11.9. The lowest BCUT2D eigenvalue weighted by atomic mass is 10.1. The van der Waals surface area contributed by atoms with Crippen molar-refractivity contribution < 1.29 is 0 Å². The summed E-state index contributed by atoms with van der Waals surface area (Å²) in [5, 5.41) is 0. The van der Waals surface area contributed by atoms with Gasteiger partial charge >= 0.3 is 0 Å². The zero-order valence-electron chi connectivity index (χ0n) is 10.8. The first-order valence-corrected chi connectivity index (χ1v) is 7.66. The van der Waals surface area contributed by atoms with Gasteiger partial charge in [-0.2, -0.15) is 0 Å². The van der Waals surface area contributed by atoms with Crippen molar-refractivity contribution in [2.24, 2.45) is 0 Å². The summed E-state index contributed by atoms with van der Waals surface area (Å²) in [6, 6.07) is 5.93. The van der Waals surface area contributed by atoms with Crippen LogP contribution in [0.3, 0.4) is 0 Å². The lowest BCUT2D eigenvalue weighted by molar-refractivity contribution is 0.861. The first kappa shape index (κ1) is 14.5. The van der Waals surface area contributed by atoms with Crippen molar-refractivity contribution in [2.45, 2.75) is 26.7 Å². The normalized spacial score (nSPS) is 10.7. The minimum absolute atomic E-state index is 0.134. The smallest absolute Gasteiger partial charge is 0.265 e. The lowest BCUT2D eigenvalue weighted by Gasteiger charge is -2.07. The number of aryl methyl sites for hydroxylation is 2. The summed E-state index contributed by atoms with van der Waals surface area (Å²) >= 11 is 6.79. The summed E-state index contributed by atoms with van der Waals surface area (Å²) in [7, 11) is 0. The fourth-order valence-electron chi connectivity index (χ4n) is 1.78. The lowest BCUT2D eigenvalue weighted by Crippen LogP contribution is -2.13. The Kier molecular flexibility index (Phi) is 4.58. The second kappa shape index (κ2) is 6.01. The van der Waals surface area contributed by atoms with Gasteiger partial charge in [-0.3, -0.25) is 4.79 Å². The molecule has 19 heavy (non-hydrogen) atoms. The molecule has 0 spiro atoms. The van der Waals surface area contributed by atoms with Crippen LogP contribution in [0.5, 0.6) is 0 Å². The molecule has 5 heteroatoms. The van der Waals surface area contributed by atoms with Gasteiger partial charge in [0, 0.05) is 10.0 Å². The topological polar surface area (TPSA) is 45.8 Å². The Morgan fingerprint density at radius 1 is 1.32 bits per heavy atom. The van der Waals surface area contributed by atoms with E-state index in [4.69, 9.17) is 0 Å². The number of hydrogen-bond acceptors (Lipinski definition) is 2. The molecule has 0 amide bonds.